The van der Waals surface area contributed by atoms with E-state index in [1.807, 2.05) is 26.0 Å². The summed E-state index contributed by atoms with van der Waals surface area (Å²) in [5.41, 5.74) is 2.72. The van der Waals surface area contributed by atoms with Gasteiger partial charge < -0.3 is 5.32 Å². The van der Waals surface area contributed by atoms with Crippen molar-refractivity contribution in [2.24, 2.45) is 0 Å². The maximum atomic E-state index is 13.3. The van der Waals surface area contributed by atoms with Crippen molar-refractivity contribution in [2.45, 2.75) is 18.7 Å². The first kappa shape index (κ1) is 22.2. The van der Waals surface area contributed by atoms with Gasteiger partial charge in [-0.2, -0.15) is 0 Å². The molecule has 0 atom stereocenters. The molecule has 0 aliphatic rings. The van der Waals surface area contributed by atoms with E-state index in [2.05, 4.69) is 5.32 Å². The SMILES string of the molecule is Cc1ccc(NC(=O)CN(c2ccc(Cl)cc2Cl)S(=O)(=O)c2ccccc2)c(C)c1. The molecule has 3 aromatic rings. The number of carbonyl (C=O) groups excluding carboxylic acids is 1. The Labute approximate surface area is 186 Å². The van der Waals surface area contributed by atoms with Crippen LogP contribution in [-0.2, 0) is 14.8 Å². The number of hydrogen-bond acceptors (Lipinski definition) is 3. The molecule has 0 fully saturated rings. The van der Waals surface area contributed by atoms with E-state index in [1.54, 1.807) is 24.3 Å². The first-order chi connectivity index (χ1) is 14.2. The number of nitrogens with one attached hydrogen (secondary N) is 1. The lowest BCUT2D eigenvalue weighted by atomic mass is 10.1. The van der Waals surface area contributed by atoms with Gasteiger partial charge in [0.05, 0.1) is 15.6 Å². The highest BCUT2D eigenvalue weighted by Gasteiger charge is 2.29. The molecular weight excluding hydrogens is 443 g/mol. The summed E-state index contributed by atoms with van der Waals surface area (Å²) in [5, 5.41) is 3.27. The van der Waals surface area contributed by atoms with Crippen LogP contribution in [0, 0.1) is 13.8 Å². The molecule has 30 heavy (non-hydrogen) atoms. The molecule has 3 rings (SSSR count). The zero-order valence-corrected chi connectivity index (χ0v) is 18.7. The highest BCUT2D eigenvalue weighted by atomic mass is 35.5. The van der Waals surface area contributed by atoms with Gasteiger partial charge in [-0.25, -0.2) is 8.42 Å². The van der Waals surface area contributed by atoms with Crippen LogP contribution in [0.1, 0.15) is 11.1 Å². The quantitative estimate of drug-likeness (QED) is 0.529. The van der Waals surface area contributed by atoms with Gasteiger partial charge in [0.1, 0.15) is 6.54 Å². The number of rotatable bonds is 6. The monoisotopic (exact) mass is 462 g/mol. The molecule has 0 bridgehead atoms. The highest BCUT2D eigenvalue weighted by molar-refractivity contribution is 7.92. The molecule has 0 spiro atoms. The summed E-state index contributed by atoms with van der Waals surface area (Å²) in [7, 11) is -4.05. The number of anilines is 2. The lowest BCUT2D eigenvalue weighted by molar-refractivity contribution is -0.114. The van der Waals surface area contributed by atoms with Crippen molar-refractivity contribution in [3.05, 3.63) is 87.9 Å². The van der Waals surface area contributed by atoms with Gasteiger partial charge in [-0.3, -0.25) is 9.10 Å². The molecule has 0 unspecified atom stereocenters. The Balaban J connectivity index is 1.98. The normalized spacial score (nSPS) is 11.2. The van der Waals surface area contributed by atoms with Crippen molar-refractivity contribution in [1.82, 2.24) is 0 Å². The van der Waals surface area contributed by atoms with Crippen LogP contribution >= 0.6 is 23.2 Å². The van der Waals surface area contributed by atoms with Gasteiger partial charge in [0.25, 0.3) is 10.0 Å². The molecule has 0 saturated carbocycles. The van der Waals surface area contributed by atoms with E-state index in [-0.39, 0.29) is 15.6 Å². The summed E-state index contributed by atoms with van der Waals surface area (Å²) in [5.74, 6) is -0.493. The van der Waals surface area contributed by atoms with Crippen molar-refractivity contribution in [3.63, 3.8) is 0 Å². The number of sulfonamides is 1. The molecule has 1 amide bonds. The lowest BCUT2D eigenvalue weighted by Crippen LogP contribution is -2.38. The predicted molar refractivity (Wildman–Crippen MR) is 122 cm³/mol. The molecule has 156 valence electrons. The summed E-state index contributed by atoms with van der Waals surface area (Å²) in [4.78, 5) is 12.9. The van der Waals surface area contributed by atoms with Crippen molar-refractivity contribution in [3.8, 4) is 0 Å². The zero-order chi connectivity index (χ0) is 21.9. The second-order valence-electron chi connectivity index (χ2n) is 6.79. The van der Waals surface area contributed by atoms with Crippen molar-refractivity contribution in [2.75, 3.05) is 16.2 Å². The molecule has 0 aromatic heterocycles. The largest absolute Gasteiger partial charge is 0.324 e. The Morgan fingerprint density at radius 2 is 1.67 bits per heavy atom. The molecule has 0 saturated heterocycles. The second-order valence-corrected chi connectivity index (χ2v) is 9.49. The number of aryl methyl sites for hydroxylation is 2. The second kappa shape index (κ2) is 9.08. The van der Waals surface area contributed by atoms with Crippen LogP contribution in [0.5, 0.6) is 0 Å². The minimum atomic E-state index is -4.05. The first-order valence-electron chi connectivity index (χ1n) is 9.08. The minimum absolute atomic E-state index is 0.0512. The third-order valence-electron chi connectivity index (χ3n) is 4.45. The molecule has 3 aromatic carbocycles. The standard InChI is InChI=1S/C22H20Cl2N2O3S/c1-15-8-10-20(16(2)12-15)25-22(27)14-26(21-11-9-17(23)13-19(21)24)30(28,29)18-6-4-3-5-7-18/h3-13H,14H2,1-2H3,(H,25,27). The van der Waals surface area contributed by atoms with Crippen molar-refractivity contribution in [1.29, 1.82) is 0 Å². The molecule has 1 N–H and O–H groups in total. The zero-order valence-electron chi connectivity index (χ0n) is 16.4. The fourth-order valence-corrected chi connectivity index (χ4v) is 5.00. The predicted octanol–water partition coefficient (Wildman–Crippen LogP) is 5.44. The molecule has 8 heteroatoms. The summed E-state index contributed by atoms with van der Waals surface area (Å²) in [6, 6.07) is 17.9. The third kappa shape index (κ3) is 4.95. The van der Waals surface area contributed by atoms with Crippen LogP contribution in [0.4, 0.5) is 11.4 Å². The molecular formula is C22H20Cl2N2O3S. The number of amides is 1. The van der Waals surface area contributed by atoms with Gasteiger partial charge in [0.2, 0.25) is 5.91 Å². The van der Waals surface area contributed by atoms with Crippen LogP contribution in [0.15, 0.2) is 71.6 Å². The van der Waals surface area contributed by atoms with Gasteiger partial charge in [-0.1, -0.05) is 59.1 Å². The van der Waals surface area contributed by atoms with Crippen LogP contribution in [0.3, 0.4) is 0 Å². The summed E-state index contributed by atoms with van der Waals surface area (Å²) < 4.78 is 27.6. The summed E-state index contributed by atoms with van der Waals surface area (Å²) >= 11 is 12.2. The molecule has 5 nitrogen and oxygen atoms in total. The third-order valence-corrected chi connectivity index (χ3v) is 6.76. The van der Waals surface area contributed by atoms with E-state index >= 15 is 0 Å². The van der Waals surface area contributed by atoms with E-state index in [1.165, 1.54) is 30.3 Å². The van der Waals surface area contributed by atoms with Crippen LogP contribution in [0.25, 0.3) is 0 Å². The van der Waals surface area contributed by atoms with E-state index in [0.717, 1.165) is 15.4 Å². The van der Waals surface area contributed by atoms with Gasteiger partial charge in [0, 0.05) is 10.7 Å². The molecule has 0 radical (unpaired) electrons. The highest BCUT2D eigenvalue weighted by Crippen LogP contribution is 2.32. The fourth-order valence-electron chi connectivity index (χ4n) is 2.98. The Morgan fingerprint density at radius 1 is 0.967 bits per heavy atom. The smallest absolute Gasteiger partial charge is 0.264 e. The Bertz CT molecular complexity index is 1180. The lowest BCUT2D eigenvalue weighted by Gasteiger charge is -2.25. The van der Waals surface area contributed by atoms with Gasteiger partial charge in [0.15, 0.2) is 0 Å². The number of carbonyl (C=O) groups is 1. The number of hydrogen-bond donors (Lipinski definition) is 1. The maximum Gasteiger partial charge on any atom is 0.264 e. The average Bonchev–Trinajstić information content (AvgIpc) is 2.69. The maximum absolute atomic E-state index is 13.3. The van der Waals surface area contributed by atoms with Crippen molar-refractivity contribution < 1.29 is 13.2 Å². The van der Waals surface area contributed by atoms with Crippen LogP contribution in [-0.4, -0.2) is 20.9 Å². The van der Waals surface area contributed by atoms with E-state index in [0.29, 0.717) is 10.7 Å². The molecule has 0 aliphatic carbocycles. The van der Waals surface area contributed by atoms with Crippen molar-refractivity contribution >= 4 is 50.5 Å². The van der Waals surface area contributed by atoms with Gasteiger partial charge >= 0.3 is 0 Å². The van der Waals surface area contributed by atoms with E-state index < -0.39 is 22.5 Å². The summed E-state index contributed by atoms with van der Waals surface area (Å²) in [6.45, 7) is 3.37. The van der Waals surface area contributed by atoms with Gasteiger partial charge in [-0.05, 0) is 55.8 Å². The number of halogens is 2. The Kier molecular flexibility index (Phi) is 6.71. The Hall–Kier alpha value is -2.54. The first-order valence-corrected chi connectivity index (χ1v) is 11.3. The number of benzene rings is 3. The van der Waals surface area contributed by atoms with E-state index in [4.69, 9.17) is 23.2 Å². The topological polar surface area (TPSA) is 66.5 Å². The molecule has 0 heterocycles. The average molecular weight is 463 g/mol. The molecule has 0 aliphatic heterocycles. The minimum Gasteiger partial charge on any atom is -0.324 e. The van der Waals surface area contributed by atoms with Gasteiger partial charge in [-0.15, -0.1) is 0 Å². The number of nitrogens with zero attached hydrogens (tertiary/aromatic N) is 1. The fraction of sp³-hybridized carbons (Fsp3) is 0.136. The summed E-state index contributed by atoms with van der Waals surface area (Å²) in [6.07, 6.45) is 0. The van der Waals surface area contributed by atoms with Crippen LogP contribution < -0.4 is 9.62 Å². The van der Waals surface area contributed by atoms with E-state index in [9.17, 15) is 13.2 Å². The Morgan fingerprint density at radius 3 is 2.30 bits per heavy atom. The van der Waals surface area contributed by atoms with Crippen LogP contribution in [0.2, 0.25) is 10.0 Å².